The van der Waals surface area contributed by atoms with E-state index in [4.69, 9.17) is 17.3 Å². The number of anilines is 1. The van der Waals surface area contributed by atoms with E-state index >= 15 is 0 Å². The number of amides is 1. The van der Waals surface area contributed by atoms with Gasteiger partial charge in [0.2, 0.25) is 0 Å². The maximum atomic E-state index is 13.2. The van der Waals surface area contributed by atoms with Gasteiger partial charge in [0.25, 0.3) is 11.5 Å². The number of thiocarbonyl (C=S) groups is 1. The molecule has 1 fully saturated rings. The van der Waals surface area contributed by atoms with Crippen molar-refractivity contribution in [2.24, 2.45) is 0 Å². The molecule has 3 heterocycles. The van der Waals surface area contributed by atoms with Crippen LogP contribution < -0.4 is 19.7 Å². The van der Waals surface area contributed by atoms with Crippen molar-refractivity contribution in [2.75, 3.05) is 18.0 Å². The normalized spacial score (nSPS) is 18.1. The lowest BCUT2D eigenvalue weighted by Crippen LogP contribution is -2.36. The maximum absolute atomic E-state index is 13.2. The minimum absolute atomic E-state index is 0.0159. The summed E-state index contributed by atoms with van der Waals surface area (Å²) >= 11 is 8.12. The fourth-order valence-electron chi connectivity index (χ4n) is 3.70. The molecule has 38 heavy (non-hydrogen) atoms. The Kier molecular flexibility index (Phi) is 7.83. The Hall–Kier alpha value is -3.40. The first kappa shape index (κ1) is 27.6. The SMILES string of the molecule is Cc1cc2c(cc1C)N(CC(=O)O)C(=CC=c1sc(=C3SC(=S)N(CC(=O)O)C3=O)n(CC(=O)O)c1=O)S2. The number of aliphatic carboxylic acids is 3. The third kappa shape index (κ3) is 5.41. The van der Waals surface area contributed by atoms with Crippen molar-refractivity contribution in [3.05, 3.63) is 53.9 Å². The van der Waals surface area contributed by atoms with Crippen molar-refractivity contribution in [2.45, 2.75) is 25.3 Å². The Morgan fingerprint density at radius 2 is 1.50 bits per heavy atom. The van der Waals surface area contributed by atoms with Gasteiger partial charge in [0.05, 0.1) is 15.2 Å². The van der Waals surface area contributed by atoms with Crippen LogP contribution in [0.25, 0.3) is 11.0 Å². The largest absolute Gasteiger partial charge is 0.480 e. The van der Waals surface area contributed by atoms with Crippen molar-refractivity contribution in [1.82, 2.24) is 9.47 Å². The van der Waals surface area contributed by atoms with E-state index < -0.39 is 42.5 Å². The van der Waals surface area contributed by atoms with Gasteiger partial charge in [-0.15, -0.1) is 11.3 Å². The zero-order chi connectivity index (χ0) is 27.9. The van der Waals surface area contributed by atoms with Gasteiger partial charge in [0.15, 0.2) is 0 Å². The van der Waals surface area contributed by atoms with Gasteiger partial charge in [-0.05, 0) is 49.3 Å². The van der Waals surface area contributed by atoms with Gasteiger partial charge in [-0.2, -0.15) is 0 Å². The van der Waals surface area contributed by atoms with E-state index in [-0.39, 0.29) is 25.0 Å². The third-order valence-electron chi connectivity index (χ3n) is 5.56. The summed E-state index contributed by atoms with van der Waals surface area (Å²) < 4.78 is 1.07. The van der Waals surface area contributed by atoms with Crippen molar-refractivity contribution < 1.29 is 34.5 Å². The number of thiazole rings is 1. The second-order valence-electron chi connectivity index (χ2n) is 8.20. The maximum Gasteiger partial charge on any atom is 0.323 e. The summed E-state index contributed by atoms with van der Waals surface area (Å²) in [5.74, 6) is -4.35. The zero-order valence-electron chi connectivity index (χ0n) is 19.8. The number of benzene rings is 1. The van der Waals surface area contributed by atoms with E-state index in [2.05, 4.69) is 0 Å². The number of aryl methyl sites for hydroxylation is 2. The third-order valence-corrected chi connectivity index (χ3v) is 9.38. The molecule has 0 atom stereocenters. The molecule has 11 nitrogen and oxygen atoms in total. The van der Waals surface area contributed by atoms with Crippen molar-refractivity contribution in [3.8, 4) is 0 Å². The highest BCUT2D eigenvalue weighted by atomic mass is 32.2. The Morgan fingerprint density at radius 3 is 2.13 bits per heavy atom. The number of carboxylic acids is 3. The Balaban J connectivity index is 1.85. The summed E-state index contributed by atoms with van der Waals surface area (Å²) in [5, 5.41) is 28.5. The summed E-state index contributed by atoms with van der Waals surface area (Å²) in [6, 6.07) is 3.86. The van der Waals surface area contributed by atoms with E-state index in [1.165, 1.54) is 17.8 Å². The zero-order valence-corrected chi connectivity index (χ0v) is 23.1. The number of allylic oxidation sites excluding steroid dienone is 1. The van der Waals surface area contributed by atoms with Gasteiger partial charge in [-0.1, -0.05) is 35.7 Å². The summed E-state index contributed by atoms with van der Waals surface area (Å²) in [4.78, 5) is 63.5. The molecule has 0 spiro atoms. The Morgan fingerprint density at radius 1 is 0.895 bits per heavy atom. The number of carboxylic acid groups (broad SMARTS) is 3. The molecule has 0 radical (unpaired) electrons. The molecule has 198 valence electrons. The molecule has 0 bridgehead atoms. The summed E-state index contributed by atoms with van der Waals surface area (Å²) in [5.41, 5.74) is 2.10. The number of hydrogen-bond donors (Lipinski definition) is 3. The molecule has 1 amide bonds. The summed E-state index contributed by atoms with van der Waals surface area (Å²) in [6.07, 6.45) is 3.03. The van der Waals surface area contributed by atoms with E-state index in [9.17, 15) is 34.2 Å². The number of thioether (sulfide) groups is 2. The van der Waals surface area contributed by atoms with Gasteiger partial charge in [-0.3, -0.25) is 33.4 Å². The quantitative estimate of drug-likeness (QED) is 0.392. The molecule has 2 aromatic rings. The van der Waals surface area contributed by atoms with Crippen molar-refractivity contribution in [3.63, 3.8) is 0 Å². The molecule has 1 aromatic carbocycles. The number of aromatic nitrogens is 1. The highest BCUT2D eigenvalue weighted by molar-refractivity contribution is 8.30. The second kappa shape index (κ2) is 10.8. The molecule has 0 aliphatic carbocycles. The van der Waals surface area contributed by atoms with E-state index in [0.717, 1.165) is 54.3 Å². The predicted molar refractivity (Wildman–Crippen MR) is 148 cm³/mol. The molecular weight excluding hydrogens is 575 g/mol. The van der Waals surface area contributed by atoms with Gasteiger partial charge < -0.3 is 20.2 Å². The Bertz CT molecular complexity index is 1640. The minimum atomic E-state index is -1.31. The van der Waals surface area contributed by atoms with Gasteiger partial charge in [0, 0.05) is 4.90 Å². The second-order valence-corrected chi connectivity index (χ2v) is 11.9. The lowest BCUT2D eigenvalue weighted by Gasteiger charge is -2.18. The smallest absolute Gasteiger partial charge is 0.323 e. The summed E-state index contributed by atoms with van der Waals surface area (Å²) in [7, 11) is 0. The molecular formula is C23H19N3O8S4. The van der Waals surface area contributed by atoms with Crippen LogP contribution >= 0.6 is 47.1 Å². The molecule has 0 saturated carbocycles. The number of carbonyl (C=O) groups excluding carboxylic acids is 1. The topological polar surface area (TPSA) is 157 Å². The van der Waals surface area contributed by atoms with Crippen LogP contribution in [0.5, 0.6) is 0 Å². The Labute approximate surface area is 232 Å². The average molecular weight is 594 g/mol. The number of rotatable bonds is 7. The van der Waals surface area contributed by atoms with Crippen LogP contribution in [0.4, 0.5) is 5.69 Å². The predicted octanol–water partition coefficient (Wildman–Crippen LogP) is 0.983. The highest BCUT2D eigenvalue weighted by Gasteiger charge is 2.35. The number of fused-ring (bicyclic) bond motifs is 1. The lowest BCUT2D eigenvalue weighted by atomic mass is 10.1. The van der Waals surface area contributed by atoms with Crippen LogP contribution in [-0.4, -0.2) is 66.0 Å². The number of hydrogen-bond acceptors (Lipinski definition) is 10. The van der Waals surface area contributed by atoms with Crippen LogP contribution in [0, 0.1) is 13.8 Å². The lowest BCUT2D eigenvalue weighted by molar-refractivity contribution is -0.140. The molecule has 15 heteroatoms. The average Bonchev–Trinajstić information content (AvgIpc) is 3.39. The van der Waals surface area contributed by atoms with Gasteiger partial charge in [-0.25, -0.2) is 0 Å². The van der Waals surface area contributed by atoms with Gasteiger partial charge >= 0.3 is 17.9 Å². The molecule has 2 aliphatic rings. The first-order chi connectivity index (χ1) is 17.9. The molecule has 0 unspecified atom stereocenters. The van der Waals surface area contributed by atoms with E-state index in [0.29, 0.717) is 5.03 Å². The van der Waals surface area contributed by atoms with Crippen molar-refractivity contribution in [1.29, 1.82) is 0 Å². The molecule has 3 N–H and O–H groups in total. The van der Waals surface area contributed by atoms with E-state index in [1.54, 1.807) is 11.0 Å². The highest BCUT2D eigenvalue weighted by Crippen LogP contribution is 2.46. The van der Waals surface area contributed by atoms with Crippen LogP contribution in [-0.2, 0) is 25.7 Å². The standard InChI is InChI=1S/C23H19N3O8S4/c1-10-5-12-14(6-11(10)2)36-15(24(12)7-16(27)28)4-3-13-20(33)25(8-17(29)30)22(37-13)19-21(34)26(9-18(31)32)23(35)38-19/h3-6H,7-9H2,1-2H3,(H,27,28)(H,29,30)(H,31,32). The van der Waals surface area contributed by atoms with Crippen molar-refractivity contribution >= 4 is 91.9 Å². The monoisotopic (exact) mass is 593 g/mol. The molecule has 1 saturated heterocycles. The van der Waals surface area contributed by atoms with Crippen LogP contribution in [0.1, 0.15) is 11.1 Å². The van der Waals surface area contributed by atoms with Crippen LogP contribution in [0.15, 0.2) is 32.9 Å². The number of carbonyl (C=O) groups is 4. The van der Waals surface area contributed by atoms with Crippen LogP contribution in [0.2, 0.25) is 0 Å². The fourth-order valence-corrected chi connectivity index (χ4v) is 7.30. The van der Waals surface area contributed by atoms with Gasteiger partial charge in [0.1, 0.15) is 33.5 Å². The first-order valence-corrected chi connectivity index (χ1v) is 13.6. The summed E-state index contributed by atoms with van der Waals surface area (Å²) in [6.45, 7) is 2.19. The minimum Gasteiger partial charge on any atom is -0.480 e. The number of nitrogens with zero attached hydrogens (tertiary/aromatic N) is 3. The van der Waals surface area contributed by atoms with E-state index in [1.807, 2.05) is 26.0 Å². The van der Waals surface area contributed by atoms with Crippen LogP contribution in [0.3, 0.4) is 0 Å². The molecule has 2 aliphatic heterocycles. The fraction of sp³-hybridized carbons (Fsp3) is 0.217. The molecule has 1 aromatic heterocycles. The first-order valence-electron chi connectivity index (χ1n) is 10.8. The molecule has 4 rings (SSSR count).